The van der Waals surface area contributed by atoms with E-state index in [2.05, 4.69) is 10.4 Å². The molecule has 1 heterocycles. The number of rotatable bonds is 5. The Hall–Kier alpha value is -2.84. The Morgan fingerprint density at radius 2 is 2.13 bits per heavy atom. The van der Waals surface area contributed by atoms with Crippen molar-refractivity contribution in [3.63, 3.8) is 0 Å². The topological polar surface area (TPSA) is 90.1 Å². The van der Waals surface area contributed by atoms with Gasteiger partial charge in [0.2, 0.25) is 5.91 Å². The fraction of sp³-hybridized carbons (Fsp3) is 0.286. The van der Waals surface area contributed by atoms with Gasteiger partial charge >= 0.3 is 5.82 Å². The minimum atomic E-state index is -0.878. The number of hydrogen-bond donors (Lipinski definition) is 1. The van der Waals surface area contributed by atoms with Crippen LogP contribution in [0.2, 0.25) is 0 Å². The monoisotopic (exact) mass is 324 g/mol. The zero-order valence-electron chi connectivity index (χ0n) is 12.4. The maximum Gasteiger partial charge on any atom is 0.390 e. The van der Waals surface area contributed by atoms with Crippen LogP contribution in [0.25, 0.3) is 0 Å². The summed E-state index contributed by atoms with van der Waals surface area (Å²) in [5, 5.41) is 16.8. The first-order chi connectivity index (χ1) is 10.8. The number of benzene rings is 1. The molecule has 23 heavy (non-hydrogen) atoms. The Morgan fingerprint density at radius 1 is 1.43 bits per heavy atom. The molecule has 0 unspecified atom stereocenters. The highest BCUT2D eigenvalue weighted by Crippen LogP contribution is 2.17. The lowest BCUT2D eigenvalue weighted by atomic mass is 10.1. The van der Waals surface area contributed by atoms with Crippen molar-refractivity contribution in [2.75, 3.05) is 5.32 Å². The number of nitrogens with one attached hydrogen (secondary N) is 1. The molecule has 2 aromatic rings. The molecule has 7 nitrogen and oxygen atoms in total. The SMILES string of the molecule is Cc1cc([N+](=O)[O-])nn1C[C@H](C)C(=O)Nc1ccc(F)cc1F. The van der Waals surface area contributed by atoms with E-state index in [9.17, 15) is 23.7 Å². The van der Waals surface area contributed by atoms with Gasteiger partial charge in [0.25, 0.3) is 0 Å². The molecule has 0 bridgehead atoms. The van der Waals surface area contributed by atoms with Crippen LogP contribution in [0, 0.1) is 34.6 Å². The molecule has 0 aliphatic rings. The molecule has 1 aromatic carbocycles. The van der Waals surface area contributed by atoms with Gasteiger partial charge in [-0.3, -0.25) is 4.79 Å². The van der Waals surface area contributed by atoms with Crippen LogP contribution in [-0.4, -0.2) is 20.6 Å². The van der Waals surface area contributed by atoms with E-state index in [0.717, 1.165) is 12.1 Å². The van der Waals surface area contributed by atoms with Crippen LogP contribution in [0.3, 0.4) is 0 Å². The highest BCUT2D eigenvalue weighted by molar-refractivity contribution is 5.92. The van der Waals surface area contributed by atoms with Crippen LogP contribution in [-0.2, 0) is 11.3 Å². The third-order valence-corrected chi connectivity index (χ3v) is 3.24. The highest BCUT2D eigenvalue weighted by Gasteiger charge is 2.21. The predicted molar refractivity (Wildman–Crippen MR) is 77.8 cm³/mol. The van der Waals surface area contributed by atoms with Crippen molar-refractivity contribution in [3.05, 3.63) is 51.7 Å². The summed E-state index contributed by atoms with van der Waals surface area (Å²) < 4.78 is 27.7. The van der Waals surface area contributed by atoms with Gasteiger partial charge in [-0.1, -0.05) is 6.92 Å². The average molecular weight is 324 g/mol. The summed E-state index contributed by atoms with van der Waals surface area (Å²) in [6.45, 7) is 3.29. The third-order valence-electron chi connectivity index (χ3n) is 3.24. The van der Waals surface area contributed by atoms with Crippen LogP contribution in [0.15, 0.2) is 24.3 Å². The molecule has 0 saturated heterocycles. The van der Waals surface area contributed by atoms with E-state index in [0.29, 0.717) is 11.8 Å². The van der Waals surface area contributed by atoms with E-state index in [1.165, 1.54) is 10.7 Å². The Bertz CT molecular complexity index is 760. The molecule has 0 radical (unpaired) electrons. The van der Waals surface area contributed by atoms with E-state index in [1.807, 2.05) is 0 Å². The van der Waals surface area contributed by atoms with Crippen LogP contribution < -0.4 is 5.32 Å². The minimum Gasteiger partial charge on any atom is -0.358 e. The zero-order chi connectivity index (χ0) is 17.1. The summed E-state index contributed by atoms with van der Waals surface area (Å²) in [6.07, 6.45) is 0. The molecule has 1 atom stereocenters. The maximum atomic E-state index is 13.5. The molecule has 122 valence electrons. The van der Waals surface area contributed by atoms with Gasteiger partial charge in [-0.15, -0.1) is 0 Å². The first kappa shape index (κ1) is 16.5. The summed E-state index contributed by atoms with van der Waals surface area (Å²) in [5.41, 5.74) is 0.399. The Morgan fingerprint density at radius 3 is 2.70 bits per heavy atom. The fourth-order valence-corrected chi connectivity index (χ4v) is 1.96. The standard InChI is InChI=1S/C14H14F2N4O3/c1-8(7-19-9(2)5-13(18-19)20(22)23)14(21)17-12-4-3-10(15)6-11(12)16/h3-6,8H,7H2,1-2H3,(H,17,21)/t8-/m0/s1. The Labute approximate surface area is 130 Å². The van der Waals surface area contributed by atoms with E-state index >= 15 is 0 Å². The quantitative estimate of drug-likeness (QED) is 0.676. The first-order valence-electron chi connectivity index (χ1n) is 6.72. The molecule has 9 heteroatoms. The summed E-state index contributed by atoms with van der Waals surface area (Å²) in [4.78, 5) is 22.1. The highest BCUT2D eigenvalue weighted by atomic mass is 19.1. The van der Waals surface area contributed by atoms with Crippen molar-refractivity contribution < 1.29 is 18.5 Å². The number of halogens is 2. The van der Waals surface area contributed by atoms with Crippen molar-refractivity contribution in [1.82, 2.24) is 9.78 Å². The van der Waals surface area contributed by atoms with Gasteiger partial charge in [0.15, 0.2) is 0 Å². The number of carbonyl (C=O) groups is 1. The summed E-state index contributed by atoms with van der Waals surface area (Å²) in [5.74, 6) is -3.06. The third kappa shape index (κ3) is 3.87. The number of anilines is 1. The van der Waals surface area contributed by atoms with Gasteiger partial charge in [-0.05, 0) is 24.0 Å². The minimum absolute atomic E-state index is 0.0916. The number of carbonyl (C=O) groups excluding carboxylic acids is 1. The molecule has 0 aliphatic carbocycles. The number of amides is 1. The molecule has 1 aromatic heterocycles. The summed E-state index contributed by atoms with van der Waals surface area (Å²) >= 11 is 0. The maximum absolute atomic E-state index is 13.5. The largest absolute Gasteiger partial charge is 0.390 e. The first-order valence-corrected chi connectivity index (χ1v) is 6.72. The predicted octanol–water partition coefficient (Wildman–Crippen LogP) is 2.65. The lowest BCUT2D eigenvalue weighted by Crippen LogP contribution is -2.25. The van der Waals surface area contributed by atoms with E-state index < -0.39 is 28.4 Å². The second kappa shape index (κ2) is 6.51. The second-order valence-corrected chi connectivity index (χ2v) is 5.10. The van der Waals surface area contributed by atoms with Crippen molar-refractivity contribution >= 4 is 17.4 Å². The van der Waals surface area contributed by atoms with Gasteiger partial charge in [0, 0.05) is 6.07 Å². The van der Waals surface area contributed by atoms with E-state index in [-0.39, 0.29) is 18.1 Å². The number of hydrogen-bond acceptors (Lipinski definition) is 4. The number of nitrogens with zero attached hydrogens (tertiary/aromatic N) is 3. The fourth-order valence-electron chi connectivity index (χ4n) is 1.96. The number of aryl methyl sites for hydroxylation is 1. The van der Waals surface area contributed by atoms with Gasteiger partial charge < -0.3 is 15.4 Å². The van der Waals surface area contributed by atoms with E-state index in [1.54, 1.807) is 13.8 Å². The molecular weight excluding hydrogens is 310 g/mol. The number of nitro groups is 1. The summed E-state index contributed by atoms with van der Waals surface area (Å²) in [7, 11) is 0. The number of aromatic nitrogens is 2. The Kier molecular flexibility index (Phi) is 4.68. The second-order valence-electron chi connectivity index (χ2n) is 5.10. The molecule has 0 aliphatic heterocycles. The average Bonchev–Trinajstić information content (AvgIpc) is 2.83. The van der Waals surface area contributed by atoms with Gasteiger partial charge in [0.05, 0.1) is 35.0 Å². The summed E-state index contributed by atoms with van der Waals surface area (Å²) in [6, 6.07) is 4.12. The lowest BCUT2D eigenvalue weighted by Gasteiger charge is -2.12. The van der Waals surface area contributed by atoms with Crippen molar-refractivity contribution in [2.45, 2.75) is 20.4 Å². The van der Waals surface area contributed by atoms with Crippen LogP contribution >= 0.6 is 0 Å². The van der Waals surface area contributed by atoms with Crippen LogP contribution in [0.1, 0.15) is 12.6 Å². The van der Waals surface area contributed by atoms with Crippen molar-refractivity contribution in [2.24, 2.45) is 5.92 Å². The van der Waals surface area contributed by atoms with Crippen molar-refractivity contribution in [3.8, 4) is 0 Å². The molecule has 0 fully saturated rings. The van der Waals surface area contributed by atoms with Gasteiger partial charge in [-0.25, -0.2) is 8.78 Å². The lowest BCUT2D eigenvalue weighted by molar-refractivity contribution is -0.389. The smallest absolute Gasteiger partial charge is 0.358 e. The van der Waals surface area contributed by atoms with Gasteiger partial charge in [-0.2, -0.15) is 4.68 Å². The Balaban J connectivity index is 2.06. The zero-order valence-corrected chi connectivity index (χ0v) is 12.4. The molecule has 2 rings (SSSR count). The van der Waals surface area contributed by atoms with Crippen LogP contribution in [0.4, 0.5) is 20.3 Å². The molecule has 0 spiro atoms. The molecular formula is C14H14F2N4O3. The van der Waals surface area contributed by atoms with Crippen LogP contribution in [0.5, 0.6) is 0 Å². The van der Waals surface area contributed by atoms with Crippen molar-refractivity contribution in [1.29, 1.82) is 0 Å². The molecule has 0 saturated carbocycles. The normalized spacial score (nSPS) is 12.0. The van der Waals surface area contributed by atoms with E-state index in [4.69, 9.17) is 0 Å². The van der Waals surface area contributed by atoms with Gasteiger partial charge in [0.1, 0.15) is 11.6 Å². The molecule has 1 N–H and O–H groups in total. The molecule has 1 amide bonds.